The highest BCUT2D eigenvalue weighted by Crippen LogP contribution is 2.37. The van der Waals surface area contributed by atoms with Crippen LogP contribution in [0.2, 0.25) is 5.02 Å². The molecule has 0 aliphatic carbocycles. The zero-order valence-corrected chi connectivity index (χ0v) is 14.1. The lowest BCUT2D eigenvalue weighted by Gasteiger charge is -2.40. The molecule has 0 radical (unpaired) electrons. The Morgan fingerprint density at radius 2 is 2.00 bits per heavy atom. The average Bonchev–Trinajstić information content (AvgIpc) is 2.47. The molecule has 0 spiro atoms. The van der Waals surface area contributed by atoms with Crippen LogP contribution in [0.5, 0.6) is 0 Å². The largest absolute Gasteiger partial charge is 0.354 e. The van der Waals surface area contributed by atoms with E-state index in [1.165, 1.54) is 0 Å². The Hall–Kier alpha value is -1.55. The van der Waals surface area contributed by atoms with Crippen molar-refractivity contribution in [2.45, 2.75) is 45.7 Å². The second-order valence-corrected chi connectivity index (χ2v) is 6.42. The number of halogens is 1. The summed E-state index contributed by atoms with van der Waals surface area (Å²) < 4.78 is 0. The summed E-state index contributed by atoms with van der Waals surface area (Å²) in [6.07, 6.45) is 1.01. The van der Waals surface area contributed by atoms with Gasteiger partial charge in [0, 0.05) is 24.0 Å². The number of amides is 2. The molecule has 1 aliphatic heterocycles. The van der Waals surface area contributed by atoms with Gasteiger partial charge >= 0.3 is 0 Å². The first kappa shape index (κ1) is 16.8. The molecule has 0 aromatic heterocycles. The highest BCUT2D eigenvalue weighted by atomic mass is 35.5. The van der Waals surface area contributed by atoms with E-state index in [2.05, 4.69) is 5.32 Å². The van der Waals surface area contributed by atoms with Crippen LogP contribution < -0.4 is 5.32 Å². The summed E-state index contributed by atoms with van der Waals surface area (Å²) in [4.78, 5) is 26.6. The maximum atomic E-state index is 12.6. The van der Waals surface area contributed by atoms with Crippen LogP contribution in [0.4, 0.5) is 0 Å². The average molecular weight is 323 g/mol. The van der Waals surface area contributed by atoms with Crippen molar-refractivity contribution in [1.29, 1.82) is 0 Å². The number of nitrogens with zero attached hydrogens (tertiary/aromatic N) is 1. The first-order chi connectivity index (χ1) is 10.4. The first-order valence-electron chi connectivity index (χ1n) is 7.79. The van der Waals surface area contributed by atoms with E-state index >= 15 is 0 Å². The Labute approximate surface area is 136 Å². The molecule has 4 nitrogen and oxygen atoms in total. The third kappa shape index (κ3) is 3.61. The number of likely N-dealkylation sites (tertiary alicyclic amines) is 1. The quantitative estimate of drug-likeness (QED) is 0.925. The van der Waals surface area contributed by atoms with Crippen LogP contribution >= 0.6 is 11.6 Å². The fourth-order valence-electron chi connectivity index (χ4n) is 3.06. The maximum Gasteiger partial charge on any atom is 0.225 e. The van der Waals surface area contributed by atoms with Crippen molar-refractivity contribution in [1.82, 2.24) is 10.2 Å². The molecule has 0 saturated carbocycles. The molecule has 1 N–H and O–H groups in total. The van der Waals surface area contributed by atoms with Gasteiger partial charge in [-0.1, -0.05) is 23.7 Å². The van der Waals surface area contributed by atoms with Gasteiger partial charge in [0.1, 0.15) is 0 Å². The zero-order chi connectivity index (χ0) is 16.3. The van der Waals surface area contributed by atoms with Crippen molar-refractivity contribution in [3.05, 3.63) is 34.9 Å². The molecule has 1 fully saturated rings. The molecule has 22 heavy (non-hydrogen) atoms. The fourth-order valence-corrected chi connectivity index (χ4v) is 3.19. The van der Waals surface area contributed by atoms with Gasteiger partial charge in [0.15, 0.2) is 0 Å². The molecule has 2 rings (SSSR count). The molecule has 2 atom stereocenters. The number of carbonyl (C=O) groups excluding carboxylic acids is 2. The minimum atomic E-state index is -0.221. The molecule has 1 aromatic rings. The van der Waals surface area contributed by atoms with Crippen molar-refractivity contribution < 1.29 is 9.59 Å². The van der Waals surface area contributed by atoms with E-state index in [0.717, 1.165) is 5.56 Å². The highest BCUT2D eigenvalue weighted by molar-refractivity contribution is 6.30. The molecule has 1 saturated heterocycles. The minimum Gasteiger partial charge on any atom is -0.354 e. The lowest BCUT2D eigenvalue weighted by Crippen LogP contribution is -2.49. The second-order valence-electron chi connectivity index (χ2n) is 5.98. The van der Waals surface area contributed by atoms with Crippen molar-refractivity contribution in [3.63, 3.8) is 0 Å². The Morgan fingerprint density at radius 1 is 1.36 bits per heavy atom. The lowest BCUT2D eigenvalue weighted by molar-refractivity contribution is -0.143. The van der Waals surface area contributed by atoms with Gasteiger partial charge in [-0.3, -0.25) is 9.59 Å². The third-order valence-electron chi connectivity index (χ3n) is 4.03. The van der Waals surface area contributed by atoms with E-state index in [1.54, 1.807) is 17.0 Å². The predicted octanol–water partition coefficient (Wildman–Crippen LogP) is 3.16. The number of benzene rings is 1. The molecule has 1 aliphatic rings. The summed E-state index contributed by atoms with van der Waals surface area (Å²) in [6.45, 7) is 6.43. The smallest absolute Gasteiger partial charge is 0.225 e. The summed E-state index contributed by atoms with van der Waals surface area (Å²) in [5, 5.41) is 3.63. The molecule has 2 amide bonds. The summed E-state index contributed by atoms with van der Waals surface area (Å²) in [5.41, 5.74) is 0.961. The van der Waals surface area contributed by atoms with Gasteiger partial charge < -0.3 is 10.2 Å². The standard InChI is InChI=1S/C17H23ClN2O2/c1-4-20-15(21)10-9-14(17(22)19-11(2)3)16(20)12-5-7-13(18)8-6-12/h5-8,11,14,16H,4,9-10H2,1-3H3,(H,19,22)/t14-,16+/m1/s1. The molecule has 1 aromatic carbocycles. The van der Waals surface area contributed by atoms with Crippen LogP contribution in [0.25, 0.3) is 0 Å². The van der Waals surface area contributed by atoms with Gasteiger partial charge in [-0.25, -0.2) is 0 Å². The fraction of sp³-hybridized carbons (Fsp3) is 0.529. The summed E-state index contributed by atoms with van der Waals surface area (Å²) in [6, 6.07) is 7.30. The Morgan fingerprint density at radius 3 is 2.55 bits per heavy atom. The Bertz CT molecular complexity index is 542. The van der Waals surface area contributed by atoms with E-state index in [0.29, 0.717) is 24.4 Å². The third-order valence-corrected chi connectivity index (χ3v) is 4.28. The van der Waals surface area contributed by atoms with Crippen LogP contribution in [0.1, 0.15) is 45.2 Å². The number of hydrogen-bond acceptors (Lipinski definition) is 2. The van der Waals surface area contributed by atoms with Crippen LogP contribution in [0.15, 0.2) is 24.3 Å². The number of hydrogen-bond donors (Lipinski definition) is 1. The van der Waals surface area contributed by atoms with Gasteiger partial charge in [-0.15, -0.1) is 0 Å². The first-order valence-corrected chi connectivity index (χ1v) is 8.17. The van der Waals surface area contributed by atoms with Crippen molar-refractivity contribution >= 4 is 23.4 Å². The van der Waals surface area contributed by atoms with E-state index in [-0.39, 0.29) is 29.8 Å². The summed E-state index contributed by atoms with van der Waals surface area (Å²) in [5.74, 6) is -0.0989. The van der Waals surface area contributed by atoms with Crippen LogP contribution in [0.3, 0.4) is 0 Å². The SMILES string of the molecule is CCN1C(=O)CC[C@@H](C(=O)NC(C)C)[C@@H]1c1ccc(Cl)cc1. The van der Waals surface area contributed by atoms with E-state index in [4.69, 9.17) is 11.6 Å². The van der Waals surface area contributed by atoms with E-state index in [9.17, 15) is 9.59 Å². The summed E-state index contributed by atoms with van der Waals surface area (Å²) in [7, 11) is 0. The molecule has 0 unspecified atom stereocenters. The lowest BCUT2D eigenvalue weighted by atomic mass is 9.83. The monoisotopic (exact) mass is 322 g/mol. The van der Waals surface area contributed by atoms with Crippen molar-refractivity contribution in [2.75, 3.05) is 6.54 Å². The minimum absolute atomic E-state index is 0.0147. The normalized spacial score (nSPS) is 22.0. The second kappa shape index (κ2) is 7.14. The van der Waals surface area contributed by atoms with Gasteiger partial charge in [-0.2, -0.15) is 0 Å². The van der Waals surface area contributed by atoms with Gasteiger partial charge in [0.2, 0.25) is 11.8 Å². The molecule has 120 valence electrons. The predicted molar refractivity (Wildman–Crippen MR) is 87.6 cm³/mol. The van der Waals surface area contributed by atoms with E-state index in [1.807, 2.05) is 32.9 Å². The van der Waals surface area contributed by atoms with Crippen molar-refractivity contribution in [2.24, 2.45) is 5.92 Å². The number of nitrogens with one attached hydrogen (secondary N) is 1. The molecule has 5 heteroatoms. The summed E-state index contributed by atoms with van der Waals surface area (Å²) >= 11 is 5.96. The van der Waals surface area contributed by atoms with Gasteiger partial charge in [0.25, 0.3) is 0 Å². The van der Waals surface area contributed by atoms with Gasteiger partial charge in [0.05, 0.1) is 12.0 Å². The Balaban J connectivity index is 2.35. The molecule has 1 heterocycles. The van der Waals surface area contributed by atoms with Crippen molar-refractivity contribution in [3.8, 4) is 0 Å². The molecular weight excluding hydrogens is 300 g/mol. The van der Waals surface area contributed by atoms with Crippen LogP contribution in [-0.4, -0.2) is 29.3 Å². The number of piperidine rings is 1. The molecule has 0 bridgehead atoms. The topological polar surface area (TPSA) is 49.4 Å². The zero-order valence-electron chi connectivity index (χ0n) is 13.3. The molecular formula is C17H23ClN2O2. The van der Waals surface area contributed by atoms with Crippen LogP contribution in [0, 0.1) is 5.92 Å². The van der Waals surface area contributed by atoms with Gasteiger partial charge in [-0.05, 0) is 44.9 Å². The highest BCUT2D eigenvalue weighted by Gasteiger charge is 2.39. The number of rotatable bonds is 4. The Kier molecular flexibility index (Phi) is 5.46. The van der Waals surface area contributed by atoms with Crippen LogP contribution in [-0.2, 0) is 9.59 Å². The number of carbonyl (C=O) groups is 2. The van der Waals surface area contributed by atoms with E-state index < -0.39 is 0 Å². The maximum absolute atomic E-state index is 12.6.